The third-order valence-electron chi connectivity index (χ3n) is 4.78. The number of methoxy groups -OCH3 is 1. The van der Waals surface area contributed by atoms with Crippen molar-refractivity contribution in [3.63, 3.8) is 0 Å². The van der Waals surface area contributed by atoms with Crippen LogP contribution in [0.3, 0.4) is 0 Å². The Bertz CT molecular complexity index is 1050. The van der Waals surface area contributed by atoms with Gasteiger partial charge in [0.1, 0.15) is 5.75 Å². The summed E-state index contributed by atoms with van der Waals surface area (Å²) < 4.78 is 7.29. The lowest BCUT2D eigenvalue weighted by molar-refractivity contribution is -0.129. The zero-order chi connectivity index (χ0) is 21.7. The first-order valence-electron chi connectivity index (χ1n) is 9.59. The second-order valence-electron chi connectivity index (χ2n) is 6.78. The molecule has 2 aromatic carbocycles. The number of anilines is 1. The van der Waals surface area contributed by atoms with Crippen molar-refractivity contribution in [3.8, 4) is 11.4 Å². The minimum absolute atomic E-state index is 0.00842. The highest BCUT2D eigenvalue weighted by Gasteiger charge is 2.17. The number of nitrogens with zero attached hydrogens (tertiary/aromatic N) is 2. The molecule has 0 aliphatic heterocycles. The minimum Gasteiger partial charge on any atom is -0.496 e. The van der Waals surface area contributed by atoms with E-state index in [9.17, 15) is 9.59 Å². The molecule has 0 bridgehead atoms. The van der Waals surface area contributed by atoms with Crippen LogP contribution in [0.4, 0.5) is 5.69 Å². The number of benzene rings is 2. The molecule has 3 aromatic rings. The van der Waals surface area contributed by atoms with E-state index in [4.69, 9.17) is 16.3 Å². The molecule has 156 valence electrons. The van der Waals surface area contributed by atoms with Crippen molar-refractivity contribution in [2.45, 2.75) is 20.4 Å². The van der Waals surface area contributed by atoms with Crippen molar-refractivity contribution in [2.75, 3.05) is 19.0 Å². The highest BCUT2D eigenvalue weighted by atomic mass is 35.5. The van der Waals surface area contributed by atoms with Gasteiger partial charge in [-0.3, -0.25) is 9.59 Å². The molecule has 0 atom stereocenters. The molecule has 1 N–H and O–H groups in total. The molecule has 0 saturated heterocycles. The van der Waals surface area contributed by atoms with E-state index >= 15 is 0 Å². The van der Waals surface area contributed by atoms with Crippen LogP contribution in [0.25, 0.3) is 5.69 Å². The predicted octanol–water partition coefficient (Wildman–Crippen LogP) is 4.76. The summed E-state index contributed by atoms with van der Waals surface area (Å²) in [6.45, 7) is 4.58. The van der Waals surface area contributed by atoms with E-state index < -0.39 is 0 Å². The van der Waals surface area contributed by atoms with E-state index in [-0.39, 0.29) is 11.8 Å². The normalized spacial score (nSPS) is 10.5. The standard InChI is InChI=1S/C23H24ClN3O3/c1-4-26(16(2)28)15-17-8-7-9-18(12-17)25-23(29)19-13-20(24)21(14-22(19)30-3)27-10-5-6-11-27/h5-14H,4,15H2,1-3H3,(H,25,29). The molecule has 1 aromatic heterocycles. The maximum atomic E-state index is 12.9. The van der Waals surface area contributed by atoms with Crippen LogP contribution in [0.1, 0.15) is 29.8 Å². The number of carbonyl (C=O) groups excluding carboxylic acids is 2. The minimum atomic E-state index is -0.330. The number of amides is 2. The van der Waals surface area contributed by atoms with Crippen molar-refractivity contribution < 1.29 is 14.3 Å². The van der Waals surface area contributed by atoms with E-state index in [0.717, 1.165) is 11.3 Å². The van der Waals surface area contributed by atoms with Crippen molar-refractivity contribution in [1.29, 1.82) is 0 Å². The second kappa shape index (κ2) is 9.50. The van der Waals surface area contributed by atoms with Gasteiger partial charge < -0.3 is 19.5 Å². The van der Waals surface area contributed by atoms with Crippen LogP contribution < -0.4 is 10.1 Å². The van der Waals surface area contributed by atoms with Crippen LogP contribution in [0.15, 0.2) is 60.9 Å². The van der Waals surface area contributed by atoms with E-state index in [1.807, 2.05) is 54.2 Å². The molecule has 6 nitrogen and oxygen atoms in total. The SMILES string of the molecule is CCN(Cc1cccc(NC(=O)c2cc(Cl)c(-n3cccc3)cc2OC)c1)C(C)=O. The maximum Gasteiger partial charge on any atom is 0.259 e. The zero-order valence-electron chi connectivity index (χ0n) is 17.2. The van der Waals surface area contributed by atoms with Gasteiger partial charge >= 0.3 is 0 Å². The first-order chi connectivity index (χ1) is 14.4. The fourth-order valence-corrected chi connectivity index (χ4v) is 3.46. The van der Waals surface area contributed by atoms with Crippen LogP contribution >= 0.6 is 11.6 Å². The third kappa shape index (κ3) is 4.83. The number of rotatable bonds is 7. The molecule has 0 spiro atoms. The van der Waals surface area contributed by atoms with Gasteiger partial charge in [0.05, 0.1) is 23.4 Å². The number of nitrogens with one attached hydrogen (secondary N) is 1. The fraction of sp³-hybridized carbons (Fsp3) is 0.217. The lowest BCUT2D eigenvalue weighted by atomic mass is 10.1. The molecule has 7 heteroatoms. The molecule has 3 rings (SSSR count). The molecule has 0 aliphatic rings. The molecule has 0 fully saturated rings. The van der Waals surface area contributed by atoms with Gasteiger partial charge in [0, 0.05) is 44.2 Å². The number of hydrogen-bond donors (Lipinski definition) is 1. The summed E-state index contributed by atoms with van der Waals surface area (Å²) in [6, 6.07) is 14.5. The van der Waals surface area contributed by atoms with E-state index in [1.54, 1.807) is 30.0 Å². The highest BCUT2D eigenvalue weighted by molar-refractivity contribution is 6.33. The molecule has 2 amide bonds. The summed E-state index contributed by atoms with van der Waals surface area (Å²) in [7, 11) is 1.52. The zero-order valence-corrected chi connectivity index (χ0v) is 17.9. The summed E-state index contributed by atoms with van der Waals surface area (Å²) in [5.41, 5.74) is 2.62. The van der Waals surface area contributed by atoms with Gasteiger partial charge in [-0.1, -0.05) is 23.7 Å². The summed E-state index contributed by atoms with van der Waals surface area (Å²) in [5.74, 6) is 0.100. The Labute approximate surface area is 181 Å². The van der Waals surface area contributed by atoms with E-state index in [0.29, 0.717) is 35.1 Å². The van der Waals surface area contributed by atoms with Gasteiger partial charge in [0.25, 0.3) is 5.91 Å². The molecule has 0 aliphatic carbocycles. The van der Waals surface area contributed by atoms with Crippen LogP contribution in [0, 0.1) is 0 Å². The average Bonchev–Trinajstić information content (AvgIpc) is 3.26. The third-order valence-corrected chi connectivity index (χ3v) is 5.08. The molecular weight excluding hydrogens is 402 g/mol. The second-order valence-corrected chi connectivity index (χ2v) is 7.19. The number of halogens is 1. The molecule has 0 radical (unpaired) electrons. The molecule has 1 heterocycles. The number of carbonyl (C=O) groups is 2. The van der Waals surface area contributed by atoms with Crippen LogP contribution in [-0.2, 0) is 11.3 Å². The number of aromatic nitrogens is 1. The first kappa shape index (κ1) is 21.5. The lowest BCUT2D eigenvalue weighted by Gasteiger charge is -2.19. The molecule has 30 heavy (non-hydrogen) atoms. The van der Waals surface area contributed by atoms with E-state index in [2.05, 4.69) is 5.32 Å². The summed E-state index contributed by atoms with van der Waals surface area (Å²) >= 11 is 6.43. The van der Waals surface area contributed by atoms with Gasteiger partial charge in [-0.25, -0.2) is 0 Å². The molecular formula is C23H24ClN3O3. The van der Waals surface area contributed by atoms with Crippen molar-refractivity contribution in [3.05, 3.63) is 77.1 Å². The molecule has 0 unspecified atom stereocenters. The van der Waals surface area contributed by atoms with Gasteiger partial charge in [-0.15, -0.1) is 0 Å². The van der Waals surface area contributed by atoms with Crippen molar-refractivity contribution in [1.82, 2.24) is 9.47 Å². The molecule has 0 saturated carbocycles. The Morgan fingerprint density at radius 1 is 1.13 bits per heavy atom. The fourth-order valence-electron chi connectivity index (χ4n) is 3.19. The Balaban J connectivity index is 1.83. The van der Waals surface area contributed by atoms with E-state index in [1.165, 1.54) is 7.11 Å². The number of hydrogen-bond acceptors (Lipinski definition) is 3. The van der Waals surface area contributed by atoms with Crippen LogP contribution in [0.2, 0.25) is 5.02 Å². The highest BCUT2D eigenvalue weighted by Crippen LogP contribution is 2.30. The van der Waals surface area contributed by atoms with Crippen LogP contribution in [0.5, 0.6) is 5.75 Å². The van der Waals surface area contributed by atoms with Gasteiger partial charge in [0.2, 0.25) is 5.91 Å². The van der Waals surface area contributed by atoms with Crippen LogP contribution in [-0.4, -0.2) is 34.9 Å². The number of ether oxygens (including phenoxy) is 1. The van der Waals surface area contributed by atoms with Gasteiger partial charge in [-0.2, -0.15) is 0 Å². The summed E-state index contributed by atoms with van der Waals surface area (Å²) in [6.07, 6.45) is 3.74. The van der Waals surface area contributed by atoms with Crippen molar-refractivity contribution >= 4 is 29.1 Å². The Morgan fingerprint density at radius 2 is 1.87 bits per heavy atom. The Morgan fingerprint density at radius 3 is 2.50 bits per heavy atom. The summed E-state index contributed by atoms with van der Waals surface area (Å²) in [5, 5.41) is 3.32. The monoisotopic (exact) mass is 425 g/mol. The first-order valence-corrected chi connectivity index (χ1v) is 9.97. The lowest BCUT2D eigenvalue weighted by Crippen LogP contribution is -2.27. The summed E-state index contributed by atoms with van der Waals surface area (Å²) in [4.78, 5) is 26.3. The Hall–Kier alpha value is -3.25. The quantitative estimate of drug-likeness (QED) is 0.593. The van der Waals surface area contributed by atoms with Crippen molar-refractivity contribution in [2.24, 2.45) is 0 Å². The predicted molar refractivity (Wildman–Crippen MR) is 118 cm³/mol. The Kier molecular flexibility index (Phi) is 6.79. The average molecular weight is 426 g/mol. The maximum absolute atomic E-state index is 12.9. The van der Waals surface area contributed by atoms with Gasteiger partial charge in [-0.05, 0) is 42.8 Å². The largest absolute Gasteiger partial charge is 0.496 e. The topological polar surface area (TPSA) is 63.6 Å². The smallest absolute Gasteiger partial charge is 0.259 e. The van der Waals surface area contributed by atoms with Gasteiger partial charge in [0.15, 0.2) is 0 Å².